The number of ether oxygens (including phenoxy) is 1. The van der Waals surface area contributed by atoms with Crippen LogP contribution in [-0.4, -0.2) is 106 Å². The molecule has 224 valence electrons. The lowest BCUT2D eigenvalue weighted by molar-refractivity contribution is -0.00381. The van der Waals surface area contributed by atoms with Gasteiger partial charge in [0.15, 0.2) is 0 Å². The minimum absolute atomic E-state index is 0.0884. The van der Waals surface area contributed by atoms with E-state index in [1.54, 1.807) is 13.4 Å². The molecule has 3 aliphatic rings. The van der Waals surface area contributed by atoms with Crippen LogP contribution in [0.3, 0.4) is 0 Å². The summed E-state index contributed by atoms with van der Waals surface area (Å²) in [7, 11) is 4.94. The Bertz CT molecular complexity index is 1160. The van der Waals surface area contributed by atoms with Gasteiger partial charge in [0, 0.05) is 56.6 Å². The van der Waals surface area contributed by atoms with Crippen LogP contribution in [0.15, 0.2) is 30.6 Å². The number of aryl methyl sites for hydroxylation is 2. The summed E-state index contributed by atoms with van der Waals surface area (Å²) >= 11 is 0. The zero-order chi connectivity index (χ0) is 29.1. The van der Waals surface area contributed by atoms with Crippen LogP contribution in [0.4, 0.5) is 0 Å². The first kappa shape index (κ1) is 30.3. The minimum Gasteiger partial charge on any atom is -0.497 e. The summed E-state index contributed by atoms with van der Waals surface area (Å²) < 4.78 is 5.31. The molecule has 0 radical (unpaired) electrons. The van der Waals surface area contributed by atoms with Gasteiger partial charge >= 0.3 is 0 Å². The SMILES string of the molecule is COc1ccc(CN2CCN([C@H](P)C3CCN(C4(C)CCN(C(=O)c5c(C)ncnc5C)CC4)CC3)[C@@H](C)C2)cc1. The van der Waals surface area contributed by atoms with Crippen molar-refractivity contribution < 1.29 is 9.53 Å². The van der Waals surface area contributed by atoms with E-state index in [-0.39, 0.29) is 11.4 Å². The Morgan fingerprint density at radius 2 is 1.66 bits per heavy atom. The largest absolute Gasteiger partial charge is 0.497 e. The van der Waals surface area contributed by atoms with E-state index in [9.17, 15) is 4.79 Å². The van der Waals surface area contributed by atoms with Crippen LogP contribution in [0.1, 0.15) is 66.8 Å². The van der Waals surface area contributed by atoms with Crippen molar-refractivity contribution in [3.63, 3.8) is 0 Å². The third-order valence-electron chi connectivity index (χ3n) is 10.1. The van der Waals surface area contributed by atoms with Crippen molar-refractivity contribution in [1.82, 2.24) is 29.6 Å². The summed E-state index contributed by atoms with van der Waals surface area (Å²) in [5.41, 5.74) is 3.75. The third-order valence-corrected chi connectivity index (χ3v) is 11.0. The molecule has 3 aliphatic heterocycles. The number of nitrogens with zero attached hydrogens (tertiary/aromatic N) is 6. The maximum Gasteiger partial charge on any atom is 0.257 e. The second-order valence-electron chi connectivity index (χ2n) is 12.7. The second-order valence-corrected chi connectivity index (χ2v) is 13.4. The molecule has 0 bridgehead atoms. The summed E-state index contributed by atoms with van der Waals surface area (Å²) in [4.78, 5) is 31.9. The number of carbonyl (C=O) groups is 1. The number of piperidine rings is 2. The number of rotatable bonds is 7. The van der Waals surface area contributed by atoms with Crippen LogP contribution in [0.5, 0.6) is 5.75 Å². The van der Waals surface area contributed by atoms with E-state index in [4.69, 9.17) is 4.74 Å². The lowest BCUT2D eigenvalue weighted by atomic mass is 9.84. The van der Waals surface area contributed by atoms with Crippen molar-refractivity contribution in [3.8, 4) is 5.75 Å². The maximum atomic E-state index is 13.3. The summed E-state index contributed by atoms with van der Waals surface area (Å²) in [5, 5.41) is 0. The molecule has 9 heteroatoms. The summed E-state index contributed by atoms with van der Waals surface area (Å²) in [5.74, 6) is 2.25. The Morgan fingerprint density at radius 1 is 1.02 bits per heavy atom. The average molecular weight is 581 g/mol. The predicted octanol–water partition coefficient (Wildman–Crippen LogP) is 4.22. The van der Waals surface area contributed by atoms with E-state index < -0.39 is 0 Å². The standard InChI is InChI=1S/C32H49N6O2P/c1-23-20-35(21-26-6-8-28(40-5)9-7-26)18-19-38(23)31(41)27-10-14-37(15-11-27)32(4)12-16-36(17-13-32)30(39)29-24(2)33-22-34-25(29)3/h6-9,22-23,27,31H,10-21,41H2,1-5H3/t23-,31+/m0/s1. The Labute approximate surface area is 249 Å². The number of piperazine rings is 1. The third kappa shape index (κ3) is 6.77. The number of benzene rings is 1. The molecule has 0 aliphatic carbocycles. The number of likely N-dealkylation sites (tertiary alicyclic amines) is 2. The minimum atomic E-state index is 0.0884. The molecule has 1 aromatic heterocycles. The maximum absolute atomic E-state index is 13.3. The summed E-state index contributed by atoms with van der Waals surface area (Å²) in [6.45, 7) is 16.9. The zero-order valence-corrected chi connectivity index (χ0v) is 26.8. The molecule has 0 N–H and O–H groups in total. The Balaban J connectivity index is 1.09. The smallest absolute Gasteiger partial charge is 0.257 e. The molecule has 3 saturated heterocycles. The van der Waals surface area contributed by atoms with Gasteiger partial charge in [0.25, 0.3) is 5.91 Å². The number of carbonyl (C=O) groups excluding carboxylic acids is 1. The van der Waals surface area contributed by atoms with E-state index in [1.807, 2.05) is 18.7 Å². The van der Waals surface area contributed by atoms with E-state index in [0.717, 1.165) is 82.3 Å². The molecular weight excluding hydrogens is 531 g/mol. The summed E-state index contributed by atoms with van der Waals surface area (Å²) in [6.07, 6.45) is 6.07. The van der Waals surface area contributed by atoms with E-state index in [2.05, 4.69) is 72.0 Å². The highest BCUT2D eigenvalue weighted by molar-refractivity contribution is 7.17. The van der Waals surface area contributed by atoms with Crippen molar-refractivity contribution >= 4 is 15.1 Å². The van der Waals surface area contributed by atoms with Gasteiger partial charge in [-0.15, -0.1) is 9.24 Å². The van der Waals surface area contributed by atoms with Crippen molar-refractivity contribution in [2.75, 3.05) is 52.9 Å². The highest BCUT2D eigenvalue weighted by Gasteiger charge is 2.41. The van der Waals surface area contributed by atoms with Crippen LogP contribution >= 0.6 is 9.24 Å². The van der Waals surface area contributed by atoms with E-state index in [1.165, 1.54) is 18.4 Å². The predicted molar refractivity (Wildman–Crippen MR) is 167 cm³/mol. The van der Waals surface area contributed by atoms with Crippen molar-refractivity contribution in [2.24, 2.45) is 5.92 Å². The van der Waals surface area contributed by atoms with Gasteiger partial charge in [0.1, 0.15) is 12.1 Å². The Hall–Kier alpha value is -2.12. The molecule has 1 aromatic carbocycles. The van der Waals surface area contributed by atoms with Crippen LogP contribution in [0, 0.1) is 19.8 Å². The van der Waals surface area contributed by atoms with E-state index in [0.29, 0.717) is 23.3 Å². The zero-order valence-electron chi connectivity index (χ0n) is 25.7. The number of hydrogen-bond donors (Lipinski definition) is 0. The van der Waals surface area contributed by atoms with Gasteiger partial charge < -0.3 is 9.64 Å². The first-order valence-electron chi connectivity index (χ1n) is 15.4. The number of methoxy groups -OCH3 is 1. The quantitative estimate of drug-likeness (QED) is 0.455. The number of hydrogen-bond acceptors (Lipinski definition) is 7. The van der Waals surface area contributed by atoms with Gasteiger partial charge in [-0.25, -0.2) is 9.97 Å². The fraction of sp³-hybridized carbons (Fsp3) is 0.656. The first-order chi connectivity index (χ1) is 19.7. The number of aromatic nitrogens is 2. The molecule has 8 nitrogen and oxygen atoms in total. The highest BCUT2D eigenvalue weighted by atomic mass is 31.0. The molecule has 0 spiro atoms. The van der Waals surface area contributed by atoms with Crippen LogP contribution in [0.25, 0.3) is 0 Å². The van der Waals surface area contributed by atoms with Crippen LogP contribution < -0.4 is 4.74 Å². The van der Waals surface area contributed by atoms with E-state index >= 15 is 0 Å². The molecule has 0 saturated carbocycles. The molecule has 41 heavy (non-hydrogen) atoms. The van der Waals surface area contributed by atoms with Gasteiger partial charge in [-0.05, 0) is 90.1 Å². The first-order valence-corrected chi connectivity index (χ1v) is 16.0. The molecule has 3 fully saturated rings. The monoisotopic (exact) mass is 580 g/mol. The lowest BCUT2D eigenvalue weighted by Crippen LogP contribution is -2.59. The van der Waals surface area contributed by atoms with Crippen LogP contribution in [-0.2, 0) is 6.54 Å². The second kappa shape index (κ2) is 13.0. The fourth-order valence-corrected chi connectivity index (χ4v) is 8.07. The van der Waals surface area contributed by atoms with Gasteiger partial charge in [0.05, 0.1) is 24.1 Å². The normalized spacial score (nSPS) is 23.9. The molecule has 5 rings (SSSR count). The molecule has 4 heterocycles. The average Bonchev–Trinajstić information content (AvgIpc) is 2.97. The highest BCUT2D eigenvalue weighted by Crippen LogP contribution is 2.36. The fourth-order valence-electron chi connectivity index (χ4n) is 7.24. The van der Waals surface area contributed by atoms with Crippen molar-refractivity contribution in [1.29, 1.82) is 0 Å². The summed E-state index contributed by atoms with van der Waals surface area (Å²) in [6, 6.07) is 9.04. The topological polar surface area (TPSA) is 65.0 Å². The number of amides is 1. The lowest BCUT2D eigenvalue weighted by Gasteiger charge is -2.51. The van der Waals surface area contributed by atoms with Crippen LogP contribution in [0.2, 0.25) is 0 Å². The molecular formula is C32H49N6O2P. The van der Waals surface area contributed by atoms with Crippen molar-refractivity contribution in [2.45, 2.75) is 77.3 Å². The molecule has 2 aromatic rings. The van der Waals surface area contributed by atoms with Crippen molar-refractivity contribution in [3.05, 3.63) is 53.1 Å². The van der Waals surface area contributed by atoms with Gasteiger partial charge in [-0.1, -0.05) is 12.1 Å². The Kier molecular flexibility index (Phi) is 9.64. The van der Waals surface area contributed by atoms with Gasteiger partial charge in [-0.2, -0.15) is 0 Å². The molecule has 1 unspecified atom stereocenters. The van der Waals surface area contributed by atoms with Gasteiger partial charge in [-0.3, -0.25) is 19.5 Å². The van der Waals surface area contributed by atoms with Gasteiger partial charge in [0.2, 0.25) is 0 Å². The molecule has 3 atom stereocenters. The Morgan fingerprint density at radius 3 is 2.24 bits per heavy atom. The molecule has 1 amide bonds.